The third-order valence-corrected chi connectivity index (χ3v) is 4.09. The molecule has 2 atom stereocenters. The Morgan fingerprint density at radius 2 is 1.88 bits per heavy atom. The number of aliphatic hydroxyl groups excluding tert-OH is 1. The van der Waals surface area contributed by atoms with E-state index in [1.54, 1.807) is 0 Å². The van der Waals surface area contributed by atoms with Crippen molar-refractivity contribution in [2.24, 2.45) is 17.3 Å². The first-order chi connectivity index (χ1) is 7.28. The minimum absolute atomic E-state index is 0.00148. The number of hydrogen-bond donors (Lipinski definition) is 1. The molecule has 0 radical (unpaired) electrons. The van der Waals surface area contributed by atoms with Crippen molar-refractivity contribution < 1.29 is 9.90 Å². The van der Waals surface area contributed by atoms with Crippen molar-refractivity contribution >= 4 is 5.91 Å². The van der Waals surface area contributed by atoms with Crippen LogP contribution in [0.3, 0.4) is 0 Å². The molecule has 3 heteroatoms. The largest absolute Gasteiger partial charge is 0.383 e. The highest BCUT2D eigenvalue weighted by Crippen LogP contribution is 2.37. The number of aliphatic hydroxyl groups is 1. The predicted molar refractivity (Wildman–Crippen MR) is 65.0 cm³/mol. The van der Waals surface area contributed by atoms with Gasteiger partial charge in [0.05, 0.1) is 0 Å². The van der Waals surface area contributed by atoms with Gasteiger partial charge in [0.15, 0.2) is 0 Å². The van der Waals surface area contributed by atoms with Gasteiger partial charge >= 0.3 is 0 Å². The maximum atomic E-state index is 12.0. The van der Waals surface area contributed by atoms with E-state index in [4.69, 9.17) is 0 Å². The van der Waals surface area contributed by atoms with Crippen LogP contribution in [0, 0.1) is 17.3 Å². The van der Waals surface area contributed by atoms with Crippen LogP contribution in [-0.4, -0.2) is 35.1 Å². The Bertz CT molecular complexity index is 263. The van der Waals surface area contributed by atoms with Gasteiger partial charge in [-0.25, -0.2) is 0 Å². The highest BCUT2D eigenvalue weighted by Gasteiger charge is 2.39. The van der Waals surface area contributed by atoms with E-state index in [0.717, 1.165) is 19.5 Å². The summed E-state index contributed by atoms with van der Waals surface area (Å²) < 4.78 is 0. The Morgan fingerprint density at radius 3 is 2.25 bits per heavy atom. The molecule has 16 heavy (non-hydrogen) atoms. The van der Waals surface area contributed by atoms with E-state index in [-0.39, 0.29) is 17.2 Å². The van der Waals surface area contributed by atoms with Gasteiger partial charge in [-0.2, -0.15) is 0 Å². The summed E-state index contributed by atoms with van der Waals surface area (Å²) in [5.74, 6) is 0.472. The fourth-order valence-corrected chi connectivity index (χ4v) is 2.12. The van der Waals surface area contributed by atoms with Crippen LogP contribution in [-0.2, 0) is 4.79 Å². The zero-order chi connectivity index (χ0) is 12.5. The maximum absolute atomic E-state index is 12.0. The van der Waals surface area contributed by atoms with Crippen LogP contribution in [0.2, 0.25) is 0 Å². The topological polar surface area (TPSA) is 40.5 Å². The number of carbonyl (C=O) groups excluding carboxylic acids is 1. The number of rotatable bonds is 3. The molecular formula is C13H25NO2. The summed E-state index contributed by atoms with van der Waals surface area (Å²) in [6, 6.07) is 0. The molecule has 0 saturated carbocycles. The minimum atomic E-state index is -0.838. The van der Waals surface area contributed by atoms with E-state index >= 15 is 0 Å². The molecule has 0 spiro atoms. The Hall–Kier alpha value is -0.570. The van der Waals surface area contributed by atoms with E-state index in [1.165, 1.54) is 0 Å². The molecule has 0 aromatic rings. The molecule has 0 aromatic heterocycles. The van der Waals surface area contributed by atoms with Crippen LogP contribution >= 0.6 is 0 Å². The standard InChI is InChI=1S/C13H25NO2/c1-9(2)11(15)12(16)14-7-6-13(5,8-14)10(3)4/h9-11,15H,6-8H2,1-5H3/t11-,13-/m0/s1. The summed E-state index contributed by atoms with van der Waals surface area (Å²) in [6.07, 6.45) is 0.204. The summed E-state index contributed by atoms with van der Waals surface area (Å²) in [5, 5.41) is 9.77. The van der Waals surface area contributed by atoms with Gasteiger partial charge in [-0.05, 0) is 23.7 Å². The van der Waals surface area contributed by atoms with Gasteiger partial charge < -0.3 is 10.0 Å². The second kappa shape index (κ2) is 4.74. The molecule has 1 saturated heterocycles. The van der Waals surface area contributed by atoms with Gasteiger partial charge in [0.2, 0.25) is 0 Å². The lowest BCUT2D eigenvalue weighted by Gasteiger charge is -2.29. The lowest BCUT2D eigenvalue weighted by atomic mass is 9.78. The van der Waals surface area contributed by atoms with E-state index in [1.807, 2.05) is 18.7 Å². The molecule has 1 rings (SSSR count). The van der Waals surface area contributed by atoms with Gasteiger partial charge in [0.1, 0.15) is 6.10 Å². The summed E-state index contributed by atoms with van der Waals surface area (Å²) in [5.41, 5.74) is 0.215. The average Bonchev–Trinajstić information content (AvgIpc) is 2.60. The van der Waals surface area contributed by atoms with Crippen molar-refractivity contribution in [1.82, 2.24) is 4.90 Å². The van der Waals surface area contributed by atoms with Crippen LogP contribution < -0.4 is 0 Å². The van der Waals surface area contributed by atoms with Gasteiger partial charge in [0.25, 0.3) is 5.91 Å². The molecule has 3 nitrogen and oxygen atoms in total. The smallest absolute Gasteiger partial charge is 0.251 e. The normalized spacial score (nSPS) is 27.9. The predicted octanol–water partition coefficient (Wildman–Crippen LogP) is 1.90. The molecule has 1 amide bonds. The average molecular weight is 227 g/mol. The molecule has 1 N–H and O–H groups in total. The molecule has 1 aliphatic heterocycles. The van der Waals surface area contributed by atoms with Crippen molar-refractivity contribution in [3.05, 3.63) is 0 Å². The second-order valence-corrected chi connectivity index (χ2v) is 6.01. The zero-order valence-electron chi connectivity index (χ0n) is 11.2. The Labute approximate surface area is 98.8 Å². The molecule has 0 bridgehead atoms. The van der Waals surface area contributed by atoms with E-state index in [9.17, 15) is 9.90 Å². The third kappa shape index (κ3) is 2.57. The first kappa shape index (κ1) is 13.5. The lowest BCUT2D eigenvalue weighted by molar-refractivity contribution is -0.141. The van der Waals surface area contributed by atoms with E-state index in [2.05, 4.69) is 20.8 Å². The summed E-state index contributed by atoms with van der Waals surface area (Å²) in [4.78, 5) is 13.8. The number of hydrogen-bond acceptors (Lipinski definition) is 2. The van der Waals surface area contributed by atoms with Crippen LogP contribution in [0.4, 0.5) is 0 Å². The monoisotopic (exact) mass is 227 g/mol. The second-order valence-electron chi connectivity index (χ2n) is 6.01. The van der Waals surface area contributed by atoms with E-state index in [0.29, 0.717) is 5.92 Å². The molecular weight excluding hydrogens is 202 g/mol. The first-order valence-corrected chi connectivity index (χ1v) is 6.25. The lowest BCUT2D eigenvalue weighted by Crippen LogP contribution is -2.41. The number of nitrogens with zero attached hydrogens (tertiary/aromatic N) is 1. The maximum Gasteiger partial charge on any atom is 0.251 e. The van der Waals surface area contributed by atoms with Gasteiger partial charge in [-0.3, -0.25) is 4.79 Å². The number of likely N-dealkylation sites (tertiary alicyclic amines) is 1. The SMILES string of the molecule is CC(C)[C@H](O)C(=O)N1CC[C@](C)(C(C)C)C1. The van der Waals surface area contributed by atoms with Gasteiger partial charge in [-0.1, -0.05) is 34.6 Å². The molecule has 0 aromatic carbocycles. The third-order valence-electron chi connectivity index (χ3n) is 4.09. The van der Waals surface area contributed by atoms with Crippen molar-refractivity contribution in [2.45, 2.75) is 47.1 Å². The summed E-state index contributed by atoms with van der Waals surface area (Å²) >= 11 is 0. The summed E-state index contributed by atoms with van der Waals surface area (Å²) in [6.45, 7) is 12.0. The zero-order valence-corrected chi connectivity index (χ0v) is 11.2. The Kier molecular flexibility index (Phi) is 4.00. The quantitative estimate of drug-likeness (QED) is 0.800. The van der Waals surface area contributed by atoms with Gasteiger partial charge in [-0.15, -0.1) is 0 Å². The van der Waals surface area contributed by atoms with Crippen molar-refractivity contribution in [3.8, 4) is 0 Å². The number of amides is 1. The van der Waals surface area contributed by atoms with Crippen LogP contribution in [0.1, 0.15) is 41.0 Å². The van der Waals surface area contributed by atoms with Crippen LogP contribution in [0.25, 0.3) is 0 Å². The molecule has 1 heterocycles. The Morgan fingerprint density at radius 1 is 1.31 bits per heavy atom. The Balaban J connectivity index is 2.63. The first-order valence-electron chi connectivity index (χ1n) is 6.25. The van der Waals surface area contributed by atoms with E-state index < -0.39 is 6.10 Å². The molecule has 0 aliphatic carbocycles. The fourth-order valence-electron chi connectivity index (χ4n) is 2.12. The molecule has 1 aliphatic rings. The van der Waals surface area contributed by atoms with Crippen molar-refractivity contribution in [1.29, 1.82) is 0 Å². The highest BCUT2D eigenvalue weighted by molar-refractivity contribution is 5.81. The number of carbonyl (C=O) groups is 1. The fraction of sp³-hybridized carbons (Fsp3) is 0.923. The highest BCUT2D eigenvalue weighted by atomic mass is 16.3. The van der Waals surface area contributed by atoms with Crippen molar-refractivity contribution in [3.63, 3.8) is 0 Å². The molecule has 1 fully saturated rings. The van der Waals surface area contributed by atoms with Crippen LogP contribution in [0.15, 0.2) is 0 Å². The molecule has 94 valence electrons. The van der Waals surface area contributed by atoms with Crippen LogP contribution in [0.5, 0.6) is 0 Å². The molecule has 0 unspecified atom stereocenters. The minimum Gasteiger partial charge on any atom is -0.383 e. The van der Waals surface area contributed by atoms with Gasteiger partial charge in [0, 0.05) is 13.1 Å². The summed E-state index contributed by atoms with van der Waals surface area (Å²) in [7, 11) is 0. The van der Waals surface area contributed by atoms with Crippen molar-refractivity contribution in [2.75, 3.05) is 13.1 Å².